The molecule has 84 valence electrons. The molecule has 1 unspecified atom stereocenters. The Morgan fingerprint density at radius 2 is 2.00 bits per heavy atom. The summed E-state index contributed by atoms with van der Waals surface area (Å²) in [6.07, 6.45) is 0.860. The van der Waals surface area contributed by atoms with Crippen LogP contribution in [0.15, 0.2) is 4.79 Å². The minimum atomic E-state index is 0.0188. The Bertz CT molecular complexity index is 409. The Kier molecular flexibility index (Phi) is 3.63. The van der Waals surface area contributed by atoms with E-state index in [0.29, 0.717) is 12.1 Å². The SMILES string of the molecule is CCC(N)Cn1c(C)nc(C)c(C)c1=O. The first-order valence-electron chi connectivity index (χ1n) is 5.27. The zero-order chi connectivity index (χ0) is 11.6. The average molecular weight is 209 g/mol. The van der Waals surface area contributed by atoms with Crippen molar-refractivity contribution in [3.05, 3.63) is 27.4 Å². The van der Waals surface area contributed by atoms with E-state index in [1.165, 1.54) is 0 Å². The molecule has 0 spiro atoms. The lowest BCUT2D eigenvalue weighted by Gasteiger charge is -2.15. The van der Waals surface area contributed by atoms with Crippen LogP contribution in [-0.4, -0.2) is 15.6 Å². The van der Waals surface area contributed by atoms with Crippen molar-refractivity contribution in [1.82, 2.24) is 9.55 Å². The van der Waals surface area contributed by atoms with Crippen molar-refractivity contribution < 1.29 is 0 Å². The van der Waals surface area contributed by atoms with Gasteiger partial charge in [-0.05, 0) is 27.2 Å². The second-order valence-electron chi connectivity index (χ2n) is 3.95. The van der Waals surface area contributed by atoms with Gasteiger partial charge in [-0.15, -0.1) is 0 Å². The summed E-state index contributed by atoms with van der Waals surface area (Å²) in [4.78, 5) is 16.3. The largest absolute Gasteiger partial charge is 0.326 e. The maximum atomic E-state index is 11.9. The van der Waals surface area contributed by atoms with Crippen LogP contribution >= 0.6 is 0 Å². The Hall–Kier alpha value is -1.16. The molecule has 4 nitrogen and oxygen atoms in total. The van der Waals surface area contributed by atoms with E-state index in [0.717, 1.165) is 17.9 Å². The molecule has 4 heteroatoms. The number of hydrogen-bond donors (Lipinski definition) is 1. The fourth-order valence-electron chi connectivity index (χ4n) is 1.47. The van der Waals surface area contributed by atoms with Crippen LogP contribution in [0.5, 0.6) is 0 Å². The van der Waals surface area contributed by atoms with Gasteiger partial charge in [0.1, 0.15) is 5.82 Å². The molecule has 0 saturated heterocycles. The van der Waals surface area contributed by atoms with E-state index in [1.807, 2.05) is 20.8 Å². The third-order valence-electron chi connectivity index (χ3n) is 2.77. The molecule has 0 saturated carbocycles. The molecule has 1 atom stereocenters. The number of rotatable bonds is 3. The van der Waals surface area contributed by atoms with Crippen LogP contribution < -0.4 is 11.3 Å². The van der Waals surface area contributed by atoms with Crippen molar-refractivity contribution >= 4 is 0 Å². The maximum absolute atomic E-state index is 11.9. The van der Waals surface area contributed by atoms with Crippen LogP contribution in [0.4, 0.5) is 0 Å². The van der Waals surface area contributed by atoms with Gasteiger partial charge in [0.15, 0.2) is 0 Å². The summed E-state index contributed by atoms with van der Waals surface area (Å²) in [5.41, 5.74) is 7.39. The summed E-state index contributed by atoms with van der Waals surface area (Å²) in [6.45, 7) is 8.07. The second-order valence-corrected chi connectivity index (χ2v) is 3.95. The van der Waals surface area contributed by atoms with Crippen molar-refractivity contribution in [2.45, 2.75) is 46.7 Å². The smallest absolute Gasteiger partial charge is 0.256 e. The van der Waals surface area contributed by atoms with E-state index in [2.05, 4.69) is 4.98 Å². The minimum Gasteiger partial charge on any atom is -0.326 e. The molecule has 0 aromatic carbocycles. The Morgan fingerprint density at radius 1 is 1.40 bits per heavy atom. The van der Waals surface area contributed by atoms with Gasteiger partial charge in [0.25, 0.3) is 5.56 Å². The van der Waals surface area contributed by atoms with Crippen LogP contribution in [-0.2, 0) is 6.54 Å². The van der Waals surface area contributed by atoms with E-state index < -0.39 is 0 Å². The Balaban J connectivity index is 3.19. The molecule has 2 N–H and O–H groups in total. The van der Waals surface area contributed by atoms with E-state index in [9.17, 15) is 4.79 Å². The predicted molar refractivity (Wildman–Crippen MR) is 61.0 cm³/mol. The lowest BCUT2D eigenvalue weighted by molar-refractivity contribution is 0.508. The monoisotopic (exact) mass is 209 g/mol. The normalized spacial score (nSPS) is 12.9. The number of nitrogens with zero attached hydrogens (tertiary/aromatic N) is 2. The lowest BCUT2D eigenvalue weighted by Crippen LogP contribution is -2.34. The van der Waals surface area contributed by atoms with Crippen LogP contribution in [0, 0.1) is 20.8 Å². The van der Waals surface area contributed by atoms with Crippen LogP contribution in [0.2, 0.25) is 0 Å². The van der Waals surface area contributed by atoms with E-state index in [4.69, 9.17) is 5.73 Å². The topological polar surface area (TPSA) is 60.9 Å². The molecule has 0 radical (unpaired) electrons. The zero-order valence-corrected chi connectivity index (χ0v) is 9.87. The van der Waals surface area contributed by atoms with Gasteiger partial charge >= 0.3 is 0 Å². The summed E-state index contributed by atoms with van der Waals surface area (Å²) in [5.74, 6) is 0.743. The maximum Gasteiger partial charge on any atom is 0.256 e. The molecule has 1 heterocycles. The summed E-state index contributed by atoms with van der Waals surface area (Å²) in [6, 6.07) is 0.0188. The summed E-state index contributed by atoms with van der Waals surface area (Å²) < 4.78 is 1.66. The van der Waals surface area contributed by atoms with Gasteiger partial charge in [-0.2, -0.15) is 0 Å². The second kappa shape index (κ2) is 4.57. The summed E-state index contributed by atoms with van der Waals surface area (Å²) in [5, 5.41) is 0. The van der Waals surface area contributed by atoms with Crippen LogP contribution in [0.25, 0.3) is 0 Å². The van der Waals surface area contributed by atoms with Gasteiger partial charge in [-0.1, -0.05) is 6.92 Å². The molecule has 0 aliphatic rings. The van der Waals surface area contributed by atoms with Crippen molar-refractivity contribution in [3.63, 3.8) is 0 Å². The molecule has 0 amide bonds. The Labute approximate surface area is 90.1 Å². The third-order valence-corrected chi connectivity index (χ3v) is 2.77. The van der Waals surface area contributed by atoms with Crippen LogP contribution in [0.1, 0.15) is 30.4 Å². The summed E-state index contributed by atoms with van der Waals surface area (Å²) >= 11 is 0. The fraction of sp³-hybridized carbons (Fsp3) is 0.636. The van der Waals surface area contributed by atoms with Gasteiger partial charge in [-0.25, -0.2) is 4.98 Å². The highest BCUT2D eigenvalue weighted by atomic mass is 16.1. The van der Waals surface area contributed by atoms with Gasteiger partial charge in [0, 0.05) is 23.8 Å². The van der Waals surface area contributed by atoms with Gasteiger partial charge in [-0.3, -0.25) is 9.36 Å². The zero-order valence-electron chi connectivity index (χ0n) is 9.87. The molecular formula is C11H19N3O. The number of aryl methyl sites for hydroxylation is 2. The first-order chi connectivity index (χ1) is 6.97. The molecule has 0 aliphatic carbocycles. The van der Waals surface area contributed by atoms with Gasteiger partial charge in [0.05, 0.1) is 0 Å². The standard InChI is InChI=1S/C11H19N3O/c1-5-10(12)6-14-9(4)13-8(3)7(2)11(14)15/h10H,5-6,12H2,1-4H3. The molecule has 1 rings (SSSR count). The molecule has 1 aromatic rings. The van der Waals surface area contributed by atoms with Gasteiger partial charge in [0.2, 0.25) is 0 Å². The fourth-order valence-corrected chi connectivity index (χ4v) is 1.47. The van der Waals surface area contributed by atoms with Crippen LogP contribution in [0.3, 0.4) is 0 Å². The first kappa shape index (κ1) is 11.9. The van der Waals surface area contributed by atoms with Crippen molar-refractivity contribution in [3.8, 4) is 0 Å². The van der Waals surface area contributed by atoms with Crippen molar-refractivity contribution in [1.29, 1.82) is 0 Å². The van der Waals surface area contributed by atoms with Gasteiger partial charge < -0.3 is 5.73 Å². The number of aromatic nitrogens is 2. The quantitative estimate of drug-likeness (QED) is 0.804. The molecule has 0 fully saturated rings. The predicted octanol–water partition coefficient (Wildman–Crippen LogP) is 0.906. The number of hydrogen-bond acceptors (Lipinski definition) is 3. The molecule has 15 heavy (non-hydrogen) atoms. The average Bonchev–Trinajstić information content (AvgIpc) is 2.21. The highest BCUT2D eigenvalue weighted by molar-refractivity contribution is 5.15. The molecule has 1 aromatic heterocycles. The highest BCUT2D eigenvalue weighted by Gasteiger charge is 2.10. The van der Waals surface area contributed by atoms with E-state index in [1.54, 1.807) is 11.5 Å². The third kappa shape index (κ3) is 2.45. The van der Waals surface area contributed by atoms with E-state index >= 15 is 0 Å². The van der Waals surface area contributed by atoms with E-state index in [-0.39, 0.29) is 11.6 Å². The number of nitrogens with two attached hydrogens (primary N) is 1. The highest BCUT2D eigenvalue weighted by Crippen LogP contribution is 2.01. The summed E-state index contributed by atoms with van der Waals surface area (Å²) in [7, 11) is 0. The minimum absolute atomic E-state index is 0.0188. The van der Waals surface area contributed by atoms with Crippen molar-refractivity contribution in [2.24, 2.45) is 5.73 Å². The lowest BCUT2D eigenvalue weighted by atomic mass is 10.2. The molecule has 0 bridgehead atoms. The molecule has 0 aliphatic heterocycles. The first-order valence-corrected chi connectivity index (χ1v) is 5.27. The van der Waals surface area contributed by atoms with Crippen molar-refractivity contribution in [2.75, 3.05) is 0 Å². The molecular weight excluding hydrogens is 190 g/mol. The Morgan fingerprint density at radius 3 is 2.53 bits per heavy atom.